The van der Waals surface area contributed by atoms with E-state index in [9.17, 15) is 4.79 Å². The van der Waals surface area contributed by atoms with Gasteiger partial charge in [0.15, 0.2) is 0 Å². The van der Waals surface area contributed by atoms with Crippen molar-refractivity contribution in [2.24, 2.45) is 11.8 Å². The van der Waals surface area contributed by atoms with Gasteiger partial charge in [0.05, 0.1) is 0 Å². The fourth-order valence-electron chi connectivity index (χ4n) is 2.54. The van der Waals surface area contributed by atoms with Crippen LogP contribution in [0.5, 0.6) is 0 Å². The van der Waals surface area contributed by atoms with Gasteiger partial charge in [-0.15, -0.1) is 0 Å². The lowest BCUT2D eigenvalue weighted by atomic mass is 10.0. The zero-order valence-electron chi connectivity index (χ0n) is 7.33. The van der Waals surface area contributed by atoms with Crippen molar-refractivity contribution in [1.29, 1.82) is 0 Å². The molecule has 2 unspecified atom stereocenters. The summed E-state index contributed by atoms with van der Waals surface area (Å²) in [5, 5.41) is 0. The molecule has 12 heavy (non-hydrogen) atoms. The third kappa shape index (κ3) is 1.15. The number of amides is 1. The Kier molecular flexibility index (Phi) is 1.91. The Morgan fingerprint density at radius 3 is 2.42 bits per heavy atom. The molecular weight excluding hydrogens is 150 g/mol. The molecule has 0 N–H and O–H groups in total. The predicted octanol–water partition coefficient (Wildman–Crippen LogP) is 1.43. The van der Waals surface area contributed by atoms with Gasteiger partial charge in [-0.2, -0.15) is 0 Å². The lowest BCUT2D eigenvalue weighted by Crippen LogP contribution is -2.27. The average molecular weight is 165 g/mol. The Labute approximate surface area is 73.2 Å². The van der Waals surface area contributed by atoms with Gasteiger partial charge in [-0.05, 0) is 30.8 Å². The van der Waals surface area contributed by atoms with E-state index in [4.69, 9.17) is 0 Å². The van der Waals surface area contributed by atoms with Crippen LogP contribution in [-0.2, 0) is 4.79 Å². The van der Waals surface area contributed by atoms with E-state index in [0.29, 0.717) is 0 Å². The summed E-state index contributed by atoms with van der Waals surface area (Å²) < 4.78 is 0. The van der Waals surface area contributed by atoms with Gasteiger partial charge in [0.2, 0.25) is 5.91 Å². The second-order valence-corrected chi connectivity index (χ2v) is 3.90. The summed E-state index contributed by atoms with van der Waals surface area (Å²) in [7, 11) is 0. The van der Waals surface area contributed by atoms with Crippen LogP contribution in [0, 0.1) is 11.8 Å². The fourth-order valence-corrected chi connectivity index (χ4v) is 2.54. The van der Waals surface area contributed by atoms with Crippen LogP contribution >= 0.6 is 0 Å². The zero-order chi connectivity index (χ0) is 8.55. The van der Waals surface area contributed by atoms with Gasteiger partial charge in [-0.3, -0.25) is 4.79 Å². The maximum absolute atomic E-state index is 11.3. The second-order valence-electron chi connectivity index (χ2n) is 3.90. The molecule has 2 nitrogen and oxygen atoms in total. The van der Waals surface area contributed by atoms with Crippen molar-refractivity contribution < 1.29 is 4.79 Å². The molecule has 0 aromatic rings. The number of carbonyl (C=O) groups is 1. The summed E-state index contributed by atoms with van der Waals surface area (Å²) in [4.78, 5) is 13.2. The monoisotopic (exact) mass is 165 g/mol. The molecule has 1 heterocycles. The summed E-state index contributed by atoms with van der Waals surface area (Å²) >= 11 is 0. The van der Waals surface area contributed by atoms with Gasteiger partial charge in [0.1, 0.15) is 0 Å². The summed E-state index contributed by atoms with van der Waals surface area (Å²) in [5.74, 6) is 1.72. The number of hydrogen-bond acceptors (Lipinski definition) is 1. The molecule has 2 aliphatic rings. The second kappa shape index (κ2) is 2.92. The van der Waals surface area contributed by atoms with Crippen LogP contribution in [-0.4, -0.2) is 23.9 Å². The lowest BCUT2D eigenvalue weighted by molar-refractivity contribution is -0.125. The van der Waals surface area contributed by atoms with Crippen molar-refractivity contribution in [3.8, 4) is 0 Å². The Balaban J connectivity index is 1.98. The third-order valence-corrected chi connectivity index (χ3v) is 3.21. The molecule has 0 aromatic carbocycles. The first-order valence-corrected chi connectivity index (χ1v) is 4.72. The highest BCUT2D eigenvalue weighted by Crippen LogP contribution is 2.37. The fraction of sp³-hybridized carbons (Fsp3) is 0.700. The molecule has 1 saturated carbocycles. The van der Waals surface area contributed by atoms with Crippen LogP contribution in [0.3, 0.4) is 0 Å². The highest BCUT2D eigenvalue weighted by atomic mass is 16.2. The van der Waals surface area contributed by atoms with Gasteiger partial charge in [-0.25, -0.2) is 0 Å². The van der Waals surface area contributed by atoms with Gasteiger partial charge >= 0.3 is 0 Å². The number of nitrogens with zero attached hydrogens (tertiary/aromatic N) is 1. The Morgan fingerprint density at radius 2 is 1.92 bits per heavy atom. The highest BCUT2D eigenvalue weighted by molar-refractivity contribution is 5.87. The van der Waals surface area contributed by atoms with E-state index in [1.54, 1.807) is 0 Å². The first kappa shape index (κ1) is 7.84. The van der Waals surface area contributed by atoms with Gasteiger partial charge in [-0.1, -0.05) is 13.0 Å². The Morgan fingerprint density at radius 1 is 1.33 bits per heavy atom. The minimum atomic E-state index is 0.115. The van der Waals surface area contributed by atoms with E-state index in [0.717, 1.165) is 24.9 Å². The Bertz CT molecular complexity index is 200. The van der Waals surface area contributed by atoms with Crippen LogP contribution in [0.2, 0.25) is 0 Å². The summed E-state index contributed by atoms with van der Waals surface area (Å²) in [6, 6.07) is 0. The molecule has 1 aliphatic carbocycles. The molecule has 1 amide bonds. The minimum absolute atomic E-state index is 0.115. The quantitative estimate of drug-likeness (QED) is 0.538. The molecule has 1 aliphatic heterocycles. The number of likely N-dealkylation sites (tertiary alicyclic amines) is 1. The summed E-state index contributed by atoms with van der Waals surface area (Å²) in [6.45, 7) is 5.47. The van der Waals surface area contributed by atoms with E-state index < -0.39 is 0 Å². The molecule has 66 valence electrons. The number of fused-ring (bicyclic) bond motifs is 1. The first-order chi connectivity index (χ1) is 5.81. The normalized spacial score (nSPS) is 33.5. The van der Waals surface area contributed by atoms with E-state index in [-0.39, 0.29) is 5.91 Å². The van der Waals surface area contributed by atoms with Gasteiger partial charge < -0.3 is 4.90 Å². The predicted molar refractivity (Wildman–Crippen MR) is 47.6 cm³/mol. The third-order valence-electron chi connectivity index (χ3n) is 3.21. The smallest absolute Gasteiger partial charge is 0.245 e. The largest absolute Gasteiger partial charge is 0.339 e. The SMILES string of the molecule is C=CC(=O)N1CC2CCCC2C1. The van der Waals surface area contributed by atoms with Crippen molar-refractivity contribution in [2.45, 2.75) is 19.3 Å². The maximum Gasteiger partial charge on any atom is 0.245 e. The zero-order valence-corrected chi connectivity index (χ0v) is 7.33. The molecule has 2 rings (SSSR count). The number of carbonyl (C=O) groups excluding carboxylic acids is 1. The molecular formula is C10H15NO. The van der Waals surface area contributed by atoms with Gasteiger partial charge in [0, 0.05) is 13.1 Å². The van der Waals surface area contributed by atoms with Crippen molar-refractivity contribution in [3.63, 3.8) is 0 Å². The van der Waals surface area contributed by atoms with Crippen molar-refractivity contribution in [2.75, 3.05) is 13.1 Å². The van der Waals surface area contributed by atoms with Crippen molar-refractivity contribution in [1.82, 2.24) is 4.90 Å². The number of rotatable bonds is 1. The maximum atomic E-state index is 11.3. The van der Waals surface area contributed by atoms with Crippen LogP contribution in [0.15, 0.2) is 12.7 Å². The molecule has 0 bridgehead atoms. The number of hydrogen-bond donors (Lipinski definition) is 0. The van der Waals surface area contributed by atoms with E-state index in [2.05, 4.69) is 6.58 Å². The lowest BCUT2D eigenvalue weighted by Gasteiger charge is -2.14. The molecule has 0 spiro atoms. The van der Waals surface area contributed by atoms with Crippen molar-refractivity contribution >= 4 is 5.91 Å². The molecule has 1 saturated heterocycles. The highest BCUT2D eigenvalue weighted by Gasteiger charge is 2.37. The van der Waals surface area contributed by atoms with Crippen LogP contribution < -0.4 is 0 Å². The van der Waals surface area contributed by atoms with E-state index in [1.807, 2.05) is 4.90 Å². The average Bonchev–Trinajstić information content (AvgIpc) is 2.60. The molecule has 2 heteroatoms. The summed E-state index contributed by atoms with van der Waals surface area (Å²) in [6.07, 6.45) is 5.45. The van der Waals surface area contributed by atoms with E-state index in [1.165, 1.54) is 25.3 Å². The molecule has 0 aromatic heterocycles. The molecule has 0 radical (unpaired) electrons. The Hall–Kier alpha value is -0.790. The van der Waals surface area contributed by atoms with Crippen LogP contribution in [0.4, 0.5) is 0 Å². The minimum Gasteiger partial charge on any atom is -0.339 e. The standard InChI is InChI=1S/C10H15NO/c1-2-10(12)11-6-8-4-3-5-9(8)7-11/h2,8-9H,1,3-7H2. The summed E-state index contributed by atoms with van der Waals surface area (Å²) in [5.41, 5.74) is 0. The van der Waals surface area contributed by atoms with Crippen LogP contribution in [0.1, 0.15) is 19.3 Å². The topological polar surface area (TPSA) is 20.3 Å². The first-order valence-electron chi connectivity index (χ1n) is 4.72. The van der Waals surface area contributed by atoms with Crippen molar-refractivity contribution in [3.05, 3.63) is 12.7 Å². The molecule has 2 atom stereocenters. The molecule has 2 fully saturated rings. The van der Waals surface area contributed by atoms with Gasteiger partial charge in [0.25, 0.3) is 0 Å². The van der Waals surface area contributed by atoms with Crippen LogP contribution in [0.25, 0.3) is 0 Å². The van der Waals surface area contributed by atoms with E-state index >= 15 is 0 Å².